The number of hydrogen-bond acceptors (Lipinski definition) is 4. The highest BCUT2D eigenvalue weighted by Crippen LogP contribution is 2.28. The molecule has 3 N–H and O–H groups in total. The zero-order valence-corrected chi connectivity index (χ0v) is 11.9. The van der Waals surface area contributed by atoms with Crippen LogP contribution in [0.1, 0.15) is 32.4 Å². The Kier molecular flexibility index (Phi) is 5.63. The Hall–Kier alpha value is -1.75. The van der Waals surface area contributed by atoms with Crippen molar-refractivity contribution >= 4 is 5.91 Å². The molecule has 0 spiro atoms. The minimum atomic E-state index is -0.172. The van der Waals surface area contributed by atoms with Crippen molar-refractivity contribution in [1.29, 1.82) is 0 Å². The first-order valence-corrected chi connectivity index (χ1v) is 6.29. The van der Waals surface area contributed by atoms with Crippen LogP contribution in [0.4, 0.5) is 0 Å². The zero-order valence-electron chi connectivity index (χ0n) is 11.9. The van der Waals surface area contributed by atoms with Crippen LogP contribution in [-0.2, 0) is 4.79 Å². The molecule has 1 atom stereocenters. The van der Waals surface area contributed by atoms with E-state index in [9.17, 15) is 4.79 Å². The van der Waals surface area contributed by atoms with Crippen LogP contribution in [0, 0.1) is 0 Å². The van der Waals surface area contributed by atoms with E-state index in [1.807, 2.05) is 32.9 Å². The van der Waals surface area contributed by atoms with Crippen LogP contribution in [0.5, 0.6) is 11.5 Å². The van der Waals surface area contributed by atoms with Gasteiger partial charge in [0.2, 0.25) is 0 Å². The van der Waals surface area contributed by atoms with Crippen molar-refractivity contribution < 1.29 is 14.3 Å². The van der Waals surface area contributed by atoms with Crippen LogP contribution >= 0.6 is 0 Å². The van der Waals surface area contributed by atoms with E-state index in [-0.39, 0.29) is 24.6 Å². The summed E-state index contributed by atoms with van der Waals surface area (Å²) in [6, 6.07) is 5.32. The van der Waals surface area contributed by atoms with Crippen molar-refractivity contribution in [2.24, 2.45) is 5.73 Å². The summed E-state index contributed by atoms with van der Waals surface area (Å²) in [5.74, 6) is 1.09. The lowest BCUT2D eigenvalue weighted by Gasteiger charge is -2.15. The molecule has 1 amide bonds. The standard InChI is InChI=1S/C14H22N2O3/c1-9(2)16-14(17)8-19-13-7-11(18-4)5-6-12(13)10(3)15/h5-7,9-10H,8,15H2,1-4H3,(H,16,17)/t10-/m1/s1. The predicted molar refractivity (Wildman–Crippen MR) is 74.4 cm³/mol. The van der Waals surface area contributed by atoms with Gasteiger partial charge in [0, 0.05) is 23.7 Å². The molecule has 0 aliphatic carbocycles. The van der Waals surface area contributed by atoms with Gasteiger partial charge in [0.1, 0.15) is 11.5 Å². The van der Waals surface area contributed by atoms with Crippen molar-refractivity contribution in [3.63, 3.8) is 0 Å². The van der Waals surface area contributed by atoms with Gasteiger partial charge in [-0.25, -0.2) is 0 Å². The summed E-state index contributed by atoms with van der Waals surface area (Å²) in [5.41, 5.74) is 6.72. The summed E-state index contributed by atoms with van der Waals surface area (Å²) in [7, 11) is 1.58. The third-order valence-corrected chi connectivity index (χ3v) is 2.52. The third kappa shape index (κ3) is 4.79. The lowest BCUT2D eigenvalue weighted by molar-refractivity contribution is -0.123. The van der Waals surface area contributed by atoms with Gasteiger partial charge < -0.3 is 20.5 Å². The minimum absolute atomic E-state index is 0.0366. The monoisotopic (exact) mass is 266 g/mol. The second-order valence-electron chi connectivity index (χ2n) is 4.70. The highest BCUT2D eigenvalue weighted by Gasteiger charge is 2.11. The van der Waals surface area contributed by atoms with Gasteiger partial charge in [-0.05, 0) is 26.8 Å². The van der Waals surface area contributed by atoms with Gasteiger partial charge in [0.15, 0.2) is 6.61 Å². The van der Waals surface area contributed by atoms with Gasteiger partial charge in [-0.3, -0.25) is 4.79 Å². The number of amides is 1. The van der Waals surface area contributed by atoms with E-state index in [0.29, 0.717) is 11.5 Å². The Morgan fingerprint density at radius 2 is 2.05 bits per heavy atom. The topological polar surface area (TPSA) is 73.6 Å². The maximum atomic E-state index is 11.6. The molecular formula is C14H22N2O3. The number of rotatable bonds is 6. The SMILES string of the molecule is COc1ccc([C@@H](C)N)c(OCC(=O)NC(C)C)c1. The van der Waals surface area contributed by atoms with Crippen molar-refractivity contribution in [2.75, 3.05) is 13.7 Å². The molecule has 5 heteroatoms. The second kappa shape index (κ2) is 6.99. The lowest BCUT2D eigenvalue weighted by atomic mass is 10.1. The molecule has 0 aliphatic heterocycles. The molecule has 0 saturated heterocycles. The number of nitrogens with two attached hydrogens (primary N) is 1. The fourth-order valence-corrected chi connectivity index (χ4v) is 1.65. The Labute approximate surface area is 114 Å². The number of carbonyl (C=O) groups excluding carboxylic acids is 1. The molecule has 1 rings (SSSR count). The first-order valence-electron chi connectivity index (χ1n) is 6.29. The number of ether oxygens (including phenoxy) is 2. The summed E-state index contributed by atoms with van der Waals surface area (Å²) >= 11 is 0. The van der Waals surface area contributed by atoms with E-state index < -0.39 is 0 Å². The molecule has 106 valence electrons. The summed E-state index contributed by atoms with van der Waals surface area (Å²) < 4.78 is 10.7. The molecule has 5 nitrogen and oxygen atoms in total. The third-order valence-electron chi connectivity index (χ3n) is 2.52. The molecule has 1 aromatic carbocycles. The average molecular weight is 266 g/mol. The van der Waals surface area contributed by atoms with E-state index in [1.54, 1.807) is 13.2 Å². The molecule has 19 heavy (non-hydrogen) atoms. The second-order valence-corrected chi connectivity index (χ2v) is 4.70. The van der Waals surface area contributed by atoms with Gasteiger partial charge >= 0.3 is 0 Å². The first kappa shape index (κ1) is 15.3. The molecule has 1 aromatic rings. The molecule has 0 saturated carbocycles. The number of benzene rings is 1. The van der Waals surface area contributed by atoms with Crippen LogP contribution < -0.4 is 20.5 Å². The minimum Gasteiger partial charge on any atom is -0.497 e. The maximum absolute atomic E-state index is 11.6. The Morgan fingerprint density at radius 1 is 1.37 bits per heavy atom. The van der Waals surface area contributed by atoms with Crippen molar-refractivity contribution in [1.82, 2.24) is 5.32 Å². The van der Waals surface area contributed by atoms with E-state index in [0.717, 1.165) is 5.56 Å². The zero-order chi connectivity index (χ0) is 14.4. The van der Waals surface area contributed by atoms with Crippen molar-refractivity contribution in [3.8, 4) is 11.5 Å². The van der Waals surface area contributed by atoms with Gasteiger partial charge in [0.05, 0.1) is 7.11 Å². The smallest absolute Gasteiger partial charge is 0.258 e. The molecule has 0 aliphatic rings. The van der Waals surface area contributed by atoms with E-state index in [2.05, 4.69) is 5.32 Å². The molecule has 0 radical (unpaired) electrons. The highest BCUT2D eigenvalue weighted by molar-refractivity contribution is 5.77. The van der Waals surface area contributed by atoms with E-state index in [1.165, 1.54) is 0 Å². The molecule has 0 aromatic heterocycles. The fraction of sp³-hybridized carbons (Fsp3) is 0.500. The van der Waals surface area contributed by atoms with Gasteiger partial charge in [-0.15, -0.1) is 0 Å². The number of hydrogen-bond donors (Lipinski definition) is 2. The molecule has 0 fully saturated rings. The number of carbonyl (C=O) groups is 1. The molecule has 0 bridgehead atoms. The van der Waals surface area contributed by atoms with Crippen LogP contribution in [0.3, 0.4) is 0 Å². The lowest BCUT2D eigenvalue weighted by Crippen LogP contribution is -2.34. The Bertz CT molecular complexity index is 431. The van der Waals surface area contributed by atoms with Crippen LogP contribution in [0.2, 0.25) is 0 Å². The molecular weight excluding hydrogens is 244 g/mol. The van der Waals surface area contributed by atoms with Crippen molar-refractivity contribution in [3.05, 3.63) is 23.8 Å². The largest absolute Gasteiger partial charge is 0.497 e. The van der Waals surface area contributed by atoms with E-state index in [4.69, 9.17) is 15.2 Å². The fourth-order valence-electron chi connectivity index (χ4n) is 1.65. The van der Waals surface area contributed by atoms with Crippen molar-refractivity contribution in [2.45, 2.75) is 32.9 Å². The number of nitrogens with one attached hydrogen (secondary N) is 1. The molecule has 0 heterocycles. The Morgan fingerprint density at radius 3 is 2.58 bits per heavy atom. The first-order chi connectivity index (χ1) is 8.93. The number of methoxy groups -OCH3 is 1. The van der Waals surface area contributed by atoms with Crippen LogP contribution in [0.25, 0.3) is 0 Å². The highest BCUT2D eigenvalue weighted by atomic mass is 16.5. The van der Waals surface area contributed by atoms with Gasteiger partial charge in [-0.2, -0.15) is 0 Å². The van der Waals surface area contributed by atoms with Crippen LogP contribution in [0.15, 0.2) is 18.2 Å². The maximum Gasteiger partial charge on any atom is 0.258 e. The summed E-state index contributed by atoms with van der Waals surface area (Å²) in [6.45, 7) is 5.63. The predicted octanol–water partition coefficient (Wildman–Crippen LogP) is 1.62. The van der Waals surface area contributed by atoms with Gasteiger partial charge in [0.25, 0.3) is 5.91 Å². The van der Waals surface area contributed by atoms with Gasteiger partial charge in [-0.1, -0.05) is 6.07 Å². The summed E-state index contributed by atoms with van der Waals surface area (Å²) in [5, 5.41) is 2.76. The molecule has 0 unspecified atom stereocenters. The average Bonchev–Trinajstić information content (AvgIpc) is 2.34. The Balaban J connectivity index is 2.77. The van der Waals surface area contributed by atoms with Crippen LogP contribution in [-0.4, -0.2) is 25.7 Å². The summed E-state index contributed by atoms with van der Waals surface area (Å²) in [4.78, 5) is 11.6. The van der Waals surface area contributed by atoms with E-state index >= 15 is 0 Å². The summed E-state index contributed by atoms with van der Waals surface area (Å²) in [6.07, 6.45) is 0. The normalized spacial score (nSPS) is 12.1. The quantitative estimate of drug-likeness (QED) is 0.820.